The van der Waals surface area contributed by atoms with E-state index in [-0.39, 0.29) is 19.0 Å². The number of rotatable bonds is 11. The van der Waals surface area contributed by atoms with Crippen molar-refractivity contribution in [1.29, 1.82) is 0 Å². The molecule has 0 aliphatic rings. The normalized spacial score (nSPS) is 10.9. The minimum Gasteiger partial charge on any atom is -0.490 e. The zero-order valence-corrected chi connectivity index (χ0v) is 20.5. The monoisotopic (exact) mass is 498 g/mol. The van der Waals surface area contributed by atoms with Crippen molar-refractivity contribution in [2.75, 3.05) is 13.2 Å². The van der Waals surface area contributed by atoms with Gasteiger partial charge in [-0.2, -0.15) is 0 Å². The van der Waals surface area contributed by atoms with Crippen LogP contribution in [0, 0.1) is 5.82 Å². The highest BCUT2D eigenvalue weighted by atomic mass is 19.1. The van der Waals surface area contributed by atoms with Gasteiger partial charge in [-0.15, -0.1) is 0 Å². The van der Waals surface area contributed by atoms with E-state index in [1.807, 2.05) is 42.5 Å². The van der Waals surface area contributed by atoms with Crippen LogP contribution in [0.2, 0.25) is 0 Å². The van der Waals surface area contributed by atoms with Crippen LogP contribution in [0.25, 0.3) is 24.3 Å². The molecule has 0 aliphatic carbocycles. The summed E-state index contributed by atoms with van der Waals surface area (Å²) >= 11 is 0. The molecule has 0 fully saturated rings. The van der Waals surface area contributed by atoms with Crippen molar-refractivity contribution in [1.82, 2.24) is 0 Å². The number of benzene rings is 3. The highest BCUT2D eigenvalue weighted by Crippen LogP contribution is 2.19. The van der Waals surface area contributed by atoms with Crippen molar-refractivity contribution in [3.8, 4) is 11.5 Å². The average Bonchev–Trinajstić information content (AvgIpc) is 2.90. The summed E-state index contributed by atoms with van der Waals surface area (Å²) in [6, 6.07) is 19.2. The van der Waals surface area contributed by atoms with Crippen LogP contribution in [0.4, 0.5) is 4.39 Å². The molecular weight excluding hydrogens is 471 g/mol. The van der Waals surface area contributed by atoms with Gasteiger partial charge in [0, 0.05) is 17.2 Å². The van der Waals surface area contributed by atoms with Crippen LogP contribution in [0.1, 0.15) is 29.2 Å². The summed E-state index contributed by atoms with van der Waals surface area (Å²) in [5, 5.41) is 0. The molecule has 3 rings (SSSR count). The van der Waals surface area contributed by atoms with Gasteiger partial charge in [-0.1, -0.05) is 73.9 Å². The predicted octanol–water partition coefficient (Wildman–Crippen LogP) is 6.76. The van der Waals surface area contributed by atoms with E-state index >= 15 is 0 Å². The van der Waals surface area contributed by atoms with Crippen molar-refractivity contribution in [3.63, 3.8) is 0 Å². The fraction of sp³-hybridized carbons (Fsp3) is 0.0968. The summed E-state index contributed by atoms with van der Waals surface area (Å²) in [4.78, 5) is 22.6. The molecule has 0 heterocycles. The molecule has 3 aromatic carbocycles. The lowest BCUT2D eigenvalue weighted by molar-refractivity contribution is -0.139. The molecule has 0 saturated heterocycles. The lowest BCUT2D eigenvalue weighted by Gasteiger charge is -2.07. The zero-order valence-electron chi connectivity index (χ0n) is 20.5. The highest BCUT2D eigenvalue weighted by molar-refractivity contribution is 5.87. The predicted molar refractivity (Wildman–Crippen MR) is 144 cm³/mol. The van der Waals surface area contributed by atoms with Gasteiger partial charge in [0.15, 0.2) is 0 Å². The maximum atomic E-state index is 14.6. The third-order valence-electron chi connectivity index (χ3n) is 5.03. The lowest BCUT2D eigenvalue weighted by Crippen LogP contribution is -2.12. The highest BCUT2D eigenvalue weighted by Gasteiger charge is 2.03. The van der Waals surface area contributed by atoms with Gasteiger partial charge in [0.2, 0.25) is 0 Å². The number of esters is 2. The van der Waals surface area contributed by atoms with Gasteiger partial charge in [0.25, 0.3) is 0 Å². The van der Waals surface area contributed by atoms with Gasteiger partial charge in [-0.3, -0.25) is 0 Å². The van der Waals surface area contributed by atoms with Crippen LogP contribution in [0.3, 0.4) is 0 Å². The number of carbonyl (C=O) groups excluding carboxylic acids is 2. The molecule has 37 heavy (non-hydrogen) atoms. The Labute approximate surface area is 215 Å². The molecule has 0 atom stereocenters. The molecule has 188 valence electrons. The van der Waals surface area contributed by atoms with Crippen LogP contribution in [0.5, 0.6) is 11.5 Å². The van der Waals surface area contributed by atoms with Crippen molar-refractivity contribution in [3.05, 3.63) is 120 Å². The molecule has 5 nitrogen and oxygen atoms in total. The second-order valence-electron chi connectivity index (χ2n) is 7.98. The summed E-state index contributed by atoms with van der Waals surface area (Å²) in [6.07, 6.45) is 8.26. The molecule has 3 aromatic rings. The van der Waals surface area contributed by atoms with Gasteiger partial charge in [0.1, 0.15) is 30.5 Å². The molecule has 0 radical (unpaired) electrons. The third kappa shape index (κ3) is 8.78. The van der Waals surface area contributed by atoms with Crippen LogP contribution in [-0.2, 0) is 14.3 Å². The van der Waals surface area contributed by atoms with Crippen LogP contribution < -0.4 is 9.47 Å². The maximum Gasteiger partial charge on any atom is 0.335 e. The Kier molecular flexibility index (Phi) is 9.74. The van der Waals surface area contributed by atoms with Crippen LogP contribution in [-0.4, -0.2) is 25.2 Å². The topological polar surface area (TPSA) is 61.8 Å². The summed E-state index contributed by atoms with van der Waals surface area (Å²) in [6.45, 7) is 8.85. The zero-order chi connectivity index (χ0) is 26.6. The third-order valence-corrected chi connectivity index (χ3v) is 5.03. The lowest BCUT2D eigenvalue weighted by atomic mass is 10.1. The Bertz CT molecular complexity index is 1320. The van der Waals surface area contributed by atoms with Gasteiger partial charge in [-0.05, 0) is 53.9 Å². The maximum absolute atomic E-state index is 14.6. The first-order valence-corrected chi connectivity index (χ1v) is 11.5. The van der Waals surface area contributed by atoms with E-state index in [0.717, 1.165) is 22.8 Å². The van der Waals surface area contributed by atoms with E-state index in [9.17, 15) is 14.0 Å². The molecule has 0 unspecified atom stereocenters. The van der Waals surface area contributed by atoms with Crippen LogP contribution in [0.15, 0.2) is 91.5 Å². The van der Waals surface area contributed by atoms with Gasteiger partial charge >= 0.3 is 11.9 Å². The number of hydrogen-bond acceptors (Lipinski definition) is 5. The van der Waals surface area contributed by atoms with E-state index in [2.05, 4.69) is 13.2 Å². The van der Waals surface area contributed by atoms with Gasteiger partial charge in [-0.25, -0.2) is 14.0 Å². The molecule has 0 aromatic heterocycles. The van der Waals surface area contributed by atoms with Crippen molar-refractivity contribution in [2.45, 2.75) is 6.92 Å². The largest absolute Gasteiger partial charge is 0.490 e. The number of halogens is 1. The summed E-state index contributed by atoms with van der Waals surface area (Å²) in [5.41, 5.74) is 3.28. The average molecular weight is 499 g/mol. The molecule has 0 spiro atoms. The first-order chi connectivity index (χ1) is 17.8. The Balaban J connectivity index is 1.53. The SMILES string of the molecule is C=CC(=O)Oc1ccc(/C=C/c2ccc(/C=C/c3ccc(OCCOC(=O)C(=C)C)cc3)cc2F)cc1. The summed E-state index contributed by atoms with van der Waals surface area (Å²) in [7, 11) is 0. The van der Waals surface area contributed by atoms with Crippen molar-refractivity contribution >= 4 is 36.2 Å². The second kappa shape index (κ2) is 13.4. The Morgan fingerprint density at radius 1 is 0.811 bits per heavy atom. The first-order valence-electron chi connectivity index (χ1n) is 11.5. The second-order valence-corrected chi connectivity index (χ2v) is 7.98. The fourth-order valence-electron chi connectivity index (χ4n) is 3.06. The van der Waals surface area contributed by atoms with Crippen molar-refractivity contribution < 1.29 is 28.2 Å². The fourth-order valence-corrected chi connectivity index (χ4v) is 3.06. The standard InChI is InChI=1S/C31H27FO5/c1-4-30(33)37-28-17-11-24(12-18-28)7-13-26-14-8-25(21-29(26)32)6-5-23-9-15-27(16-10-23)35-19-20-36-31(34)22(2)3/h4-18,21H,1-2,19-20H2,3H3/b6-5+,13-7+. The quantitative estimate of drug-likeness (QED) is 0.0961. The van der Waals surface area contributed by atoms with E-state index in [4.69, 9.17) is 14.2 Å². The summed E-state index contributed by atoms with van der Waals surface area (Å²) < 4.78 is 30.2. The molecule has 0 aliphatic heterocycles. The minimum absolute atomic E-state index is 0.142. The smallest absolute Gasteiger partial charge is 0.335 e. The summed E-state index contributed by atoms with van der Waals surface area (Å²) in [5.74, 6) is -0.247. The Morgan fingerprint density at radius 2 is 1.38 bits per heavy atom. The molecule has 0 saturated carbocycles. The molecule has 0 N–H and O–H groups in total. The van der Waals surface area contributed by atoms with Crippen LogP contribution >= 0.6 is 0 Å². The molecule has 6 heteroatoms. The number of carbonyl (C=O) groups is 2. The minimum atomic E-state index is -0.527. The molecule has 0 amide bonds. The van der Waals surface area contributed by atoms with E-state index in [1.54, 1.807) is 49.4 Å². The van der Waals surface area contributed by atoms with E-state index < -0.39 is 11.9 Å². The molecule has 0 bridgehead atoms. The van der Waals surface area contributed by atoms with E-state index in [0.29, 0.717) is 22.6 Å². The first kappa shape index (κ1) is 26.9. The number of hydrogen-bond donors (Lipinski definition) is 0. The van der Waals surface area contributed by atoms with Gasteiger partial charge in [0.05, 0.1) is 0 Å². The Morgan fingerprint density at radius 3 is 1.97 bits per heavy atom. The Hall–Kier alpha value is -4.71. The number of ether oxygens (including phenoxy) is 3. The van der Waals surface area contributed by atoms with Gasteiger partial charge < -0.3 is 14.2 Å². The van der Waals surface area contributed by atoms with E-state index in [1.165, 1.54) is 6.07 Å². The van der Waals surface area contributed by atoms with Crippen molar-refractivity contribution in [2.24, 2.45) is 0 Å². The molecular formula is C31H27FO5.